The van der Waals surface area contributed by atoms with Gasteiger partial charge in [0.05, 0.1) is 31.6 Å². The van der Waals surface area contributed by atoms with Gasteiger partial charge in [-0.05, 0) is 57.6 Å². The normalized spacial score (nSPS) is 11.8. The summed E-state index contributed by atoms with van der Waals surface area (Å²) < 4.78 is 32.4. The van der Waals surface area contributed by atoms with Crippen molar-refractivity contribution in [2.24, 2.45) is 0 Å². The van der Waals surface area contributed by atoms with Crippen LogP contribution in [-0.4, -0.2) is 55.8 Å². The standard InChI is InChI=1S/C27H58NO.C7H8O3S/c1-4-6-8-10-12-14-16-18-20-24-28(3,26-22-23-27-29)25-21-19-17-15-13-11-9-7-5-2;1-6-2-4-7(5-3-6)11(8,9)10/h29H,4-27H2,1-3H3;2-5H,1H3,(H,8,9,10)/q+1;/p-1. The minimum atomic E-state index is -4.27. The van der Waals surface area contributed by atoms with Gasteiger partial charge >= 0.3 is 0 Å². The Kier molecular flexibility index (Phi) is 25.1. The van der Waals surface area contributed by atoms with Gasteiger partial charge in [-0.3, -0.25) is 0 Å². The van der Waals surface area contributed by atoms with Gasteiger partial charge in [-0.25, -0.2) is 8.42 Å². The number of hydrogen-bond donors (Lipinski definition) is 1. The second kappa shape index (κ2) is 25.7. The van der Waals surface area contributed by atoms with Gasteiger partial charge in [0, 0.05) is 6.61 Å². The number of aryl methyl sites for hydroxylation is 1. The summed E-state index contributed by atoms with van der Waals surface area (Å²) in [4.78, 5) is -0.178. The molecule has 0 unspecified atom stereocenters. The molecule has 6 heteroatoms. The van der Waals surface area contributed by atoms with Crippen LogP contribution in [0, 0.1) is 6.92 Å². The second-order valence-corrected chi connectivity index (χ2v) is 13.5. The van der Waals surface area contributed by atoms with E-state index >= 15 is 0 Å². The van der Waals surface area contributed by atoms with Crippen LogP contribution in [0.2, 0.25) is 0 Å². The van der Waals surface area contributed by atoms with E-state index in [2.05, 4.69) is 20.9 Å². The molecule has 1 aromatic carbocycles. The molecule has 5 nitrogen and oxygen atoms in total. The molecule has 0 saturated carbocycles. The Balaban J connectivity index is 0.00000114. The number of nitrogens with zero attached hydrogens (tertiary/aromatic N) is 1. The van der Waals surface area contributed by atoms with Crippen LogP contribution in [0.5, 0.6) is 0 Å². The van der Waals surface area contributed by atoms with Crippen LogP contribution in [0.3, 0.4) is 0 Å². The third-order valence-electron chi connectivity index (χ3n) is 8.02. The van der Waals surface area contributed by atoms with Gasteiger partial charge in [0.2, 0.25) is 0 Å². The molecule has 0 aliphatic rings. The maximum Gasteiger partial charge on any atom is 0.124 e. The highest BCUT2D eigenvalue weighted by Crippen LogP contribution is 2.16. The number of rotatable bonds is 25. The molecule has 0 aliphatic heterocycles. The average molecular weight is 584 g/mol. The molecule has 1 rings (SSSR count). The Morgan fingerprint density at radius 2 is 0.925 bits per heavy atom. The van der Waals surface area contributed by atoms with Crippen molar-refractivity contribution >= 4 is 10.1 Å². The summed E-state index contributed by atoms with van der Waals surface area (Å²) in [6, 6.07) is 5.78. The minimum Gasteiger partial charge on any atom is -0.744 e. The molecule has 0 aromatic heterocycles. The number of aliphatic hydroxyl groups excluding tert-OH is 1. The highest BCUT2D eigenvalue weighted by Gasteiger charge is 2.20. The molecule has 0 atom stereocenters. The van der Waals surface area contributed by atoms with Crippen molar-refractivity contribution in [2.45, 2.75) is 154 Å². The molecule has 0 radical (unpaired) electrons. The van der Waals surface area contributed by atoms with Crippen molar-refractivity contribution in [3.8, 4) is 0 Å². The topological polar surface area (TPSA) is 77.4 Å². The van der Waals surface area contributed by atoms with Crippen LogP contribution in [-0.2, 0) is 10.1 Å². The Bertz CT molecular complexity index is 758. The van der Waals surface area contributed by atoms with Crippen molar-refractivity contribution in [1.29, 1.82) is 0 Å². The molecule has 40 heavy (non-hydrogen) atoms. The van der Waals surface area contributed by atoms with E-state index in [-0.39, 0.29) is 4.90 Å². The first kappa shape index (κ1) is 39.0. The largest absolute Gasteiger partial charge is 0.744 e. The van der Waals surface area contributed by atoms with E-state index < -0.39 is 10.1 Å². The van der Waals surface area contributed by atoms with Gasteiger partial charge in [0.1, 0.15) is 10.1 Å². The quantitative estimate of drug-likeness (QED) is 0.0707. The van der Waals surface area contributed by atoms with Crippen LogP contribution < -0.4 is 0 Å². The molecule has 236 valence electrons. The van der Waals surface area contributed by atoms with Crippen molar-refractivity contribution in [3.05, 3.63) is 29.8 Å². The zero-order valence-corrected chi connectivity index (χ0v) is 27.6. The van der Waals surface area contributed by atoms with Gasteiger partial charge in [-0.2, -0.15) is 0 Å². The first-order chi connectivity index (χ1) is 19.2. The van der Waals surface area contributed by atoms with Crippen molar-refractivity contribution in [2.75, 3.05) is 33.3 Å². The van der Waals surface area contributed by atoms with Crippen molar-refractivity contribution < 1.29 is 22.6 Å². The molecule has 0 spiro atoms. The van der Waals surface area contributed by atoms with Crippen LogP contribution >= 0.6 is 0 Å². The fourth-order valence-corrected chi connectivity index (χ4v) is 5.72. The summed E-state index contributed by atoms with van der Waals surface area (Å²) in [5.41, 5.74) is 0.928. The van der Waals surface area contributed by atoms with E-state index in [1.165, 1.54) is 158 Å². The lowest BCUT2D eigenvalue weighted by molar-refractivity contribution is -0.910. The molecule has 0 bridgehead atoms. The van der Waals surface area contributed by atoms with E-state index in [0.717, 1.165) is 12.0 Å². The summed E-state index contributed by atoms with van der Waals surface area (Å²) in [6.45, 7) is 10.7. The SMILES string of the molecule is CCCCCCCCCCC[N+](C)(CCCCO)CCCCCCCCCCC.Cc1ccc(S(=O)(=O)[O-])cc1. The number of unbranched alkanes of at least 4 members (excludes halogenated alkanes) is 17. The maximum absolute atomic E-state index is 10.4. The molecule has 0 amide bonds. The van der Waals surface area contributed by atoms with Gasteiger partial charge < -0.3 is 14.1 Å². The minimum absolute atomic E-state index is 0.178. The van der Waals surface area contributed by atoms with Crippen LogP contribution in [0.1, 0.15) is 148 Å². The van der Waals surface area contributed by atoms with Crippen LogP contribution in [0.25, 0.3) is 0 Å². The Labute approximate surface area is 249 Å². The molecule has 1 N–H and O–H groups in total. The van der Waals surface area contributed by atoms with Gasteiger partial charge in [0.25, 0.3) is 0 Å². The van der Waals surface area contributed by atoms with E-state index in [1.54, 1.807) is 12.1 Å². The fourth-order valence-electron chi connectivity index (χ4n) is 5.25. The summed E-state index contributed by atoms with van der Waals surface area (Å²) in [7, 11) is -1.79. The summed E-state index contributed by atoms with van der Waals surface area (Å²) in [5.74, 6) is 0. The Hall–Kier alpha value is -0.950. The van der Waals surface area contributed by atoms with E-state index in [0.29, 0.717) is 6.61 Å². The predicted octanol–water partition coefficient (Wildman–Crippen LogP) is 9.17. The molecular weight excluding hydrogens is 518 g/mol. The Morgan fingerprint density at radius 3 is 1.25 bits per heavy atom. The first-order valence-electron chi connectivity index (χ1n) is 16.7. The third-order valence-corrected chi connectivity index (χ3v) is 8.87. The van der Waals surface area contributed by atoms with Gasteiger partial charge in [0.15, 0.2) is 0 Å². The van der Waals surface area contributed by atoms with E-state index in [4.69, 9.17) is 5.11 Å². The highest BCUT2D eigenvalue weighted by atomic mass is 32.2. The number of aliphatic hydroxyl groups is 1. The third kappa shape index (κ3) is 23.7. The summed E-state index contributed by atoms with van der Waals surface area (Å²) in [6.07, 6.45) is 27.7. The van der Waals surface area contributed by atoms with Crippen LogP contribution in [0.4, 0.5) is 0 Å². The van der Waals surface area contributed by atoms with Gasteiger partial charge in [-0.1, -0.05) is 121 Å². The smallest absolute Gasteiger partial charge is 0.124 e. The maximum atomic E-state index is 10.4. The number of hydrogen-bond acceptors (Lipinski definition) is 4. The molecule has 1 aromatic rings. The molecule has 0 fully saturated rings. The zero-order valence-electron chi connectivity index (χ0n) is 26.8. The summed E-state index contributed by atoms with van der Waals surface area (Å²) in [5, 5.41) is 9.16. The zero-order chi connectivity index (χ0) is 30.0. The lowest BCUT2D eigenvalue weighted by Gasteiger charge is -2.35. The molecular formula is C34H65NO4S. The second-order valence-electron chi connectivity index (χ2n) is 12.1. The lowest BCUT2D eigenvalue weighted by atomic mass is 10.1. The monoisotopic (exact) mass is 583 g/mol. The Morgan fingerprint density at radius 1 is 0.600 bits per heavy atom. The number of quaternary nitrogens is 1. The lowest BCUT2D eigenvalue weighted by Crippen LogP contribution is -2.46. The van der Waals surface area contributed by atoms with Crippen molar-refractivity contribution in [3.63, 3.8) is 0 Å². The molecule has 0 saturated heterocycles. The van der Waals surface area contributed by atoms with Crippen molar-refractivity contribution in [1.82, 2.24) is 0 Å². The predicted molar refractivity (Wildman–Crippen MR) is 171 cm³/mol. The fraction of sp³-hybridized carbons (Fsp3) is 0.824. The number of benzene rings is 1. The summed E-state index contributed by atoms with van der Waals surface area (Å²) >= 11 is 0. The van der Waals surface area contributed by atoms with Crippen LogP contribution in [0.15, 0.2) is 29.2 Å². The van der Waals surface area contributed by atoms with Gasteiger partial charge in [-0.15, -0.1) is 0 Å². The molecule has 0 aliphatic carbocycles. The molecule has 0 heterocycles. The highest BCUT2D eigenvalue weighted by molar-refractivity contribution is 7.85. The average Bonchev–Trinajstić information content (AvgIpc) is 2.91. The first-order valence-corrected chi connectivity index (χ1v) is 18.1. The van der Waals surface area contributed by atoms with E-state index in [9.17, 15) is 13.0 Å². The van der Waals surface area contributed by atoms with E-state index in [1.807, 2.05) is 6.92 Å².